The quantitative estimate of drug-likeness (QED) is 0.788. The smallest absolute Gasteiger partial charge is 0.271 e. The first-order chi connectivity index (χ1) is 10.7. The molecule has 2 aromatic rings. The number of benzene rings is 1. The van der Waals surface area contributed by atoms with Crippen LogP contribution in [0.15, 0.2) is 42.9 Å². The van der Waals surface area contributed by atoms with Gasteiger partial charge in [-0.25, -0.2) is 4.98 Å². The first-order valence-electron chi connectivity index (χ1n) is 7.06. The fraction of sp³-hybridized carbons (Fsp3) is 0.250. The summed E-state index contributed by atoms with van der Waals surface area (Å²) in [6.07, 6.45) is 5.03. The minimum Gasteiger partial charge on any atom is -0.352 e. The highest BCUT2D eigenvalue weighted by atomic mass is 16.2. The number of rotatable bonds is 6. The maximum Gasteiger partial charge on any atom is 0.271 e. The van der Waals surface area contributed by atoms with Crippen molar-refractivity contribution in [3.8, 4) is 0 Å². The van der Waals surface area contributed by atoms with Crippen molar-refractivity contribution < 1.29 is 9.59 Å². The van der Waals surface area contributed by atoms with Crippen LogP contribution >= 0.6 is 0 Å². The largest absolute Gasteiger partial charge is 0.352 e. The minimum atomic E-state index is -0.266. The molecule has 2 amide bonds. The predicted octanol–water partition coefficient (Wildman–Crippen LogP) is 1.33. The molecule has 0 saturated carbocycles. The lowest BCUT2D eigenvalue weighted by Crippen LogP contribution is -2.30. The van der Waals surface area contributed by atoms with E-state index >= 15 is 0 Å². The summed E-state index contributed by atoms with van der Waals surface area (Å²) in [6, 6.07) is 7.41. The van der Waals surface area contributed by atoms with Crippen molar-refractivity contribution in [3.63, 3.8) is 0 Å². The Labute approximate surface area is 129 Å². The van der Waals surface area contributed by atoms with Crippen LogP contribution in [-0.2, 0) is 0 Å². The van der Waals surface area contributed by atoms with Crippen molar-refractivity contribution in [3.05, 3.63) is 59.7 Å². The molecule has 114 valence electrons. The van der Waals surface area contributed by atoms with E-state index in [4.69, 9.17) is 0 Å². The second-order valence-electron chi connectivity index (χ2n) is 4.83. The van der Waals surface area contributed by atoms with Crippen molar-refractivity contribution in [2.24, 2.45) is 0 Å². The molecule has 1 aromatic heterocycles. The van der Waals surface area contributed by atoms with Gasteiger partial charge in [0.05, 0.1) is 6.20 Å². The average Bonchev–Trinajstić information content (AvgIpc) is 2.55. The maximum atomic E-state index is 11.9. The number of amides is 2. The van der Waals surface area contributed by atoms with Crippen LogP contribution in [0, 0.1) is 6.92 Å². The Morgan fingerprint density at radius 1 is 1.09 bits per heavy atom. The summed E-state index contributed by atoms with van der Waals surface area (Å²) in [5, 5.41) is 5.55. The maximum absolute atomic E-state index is 11.9. The fourth-order valence-electron chi connectivity index (χ4n) is 1.89. The van der Waals surface area contributed by atoms with Crippen LogP contribution < -0.4 is 10.6 Å². The molecule has 0 fully saturated rings. The Bertz CT molecular complexity index is 644. The predicted molar refractivity (Wildman–Crippen MR) is 82.5 cm³/mol. The molecule has 2 rings (SSSR count). The van der Waals surface area contributed by atoms with E-state index in [1.54, 1.807) is 6.07 Å². The number of aromatic nitrogens is 2. The van der Waals surface area contributed by atoms with Crippen LogP contribution in [0.1, 0.15) is 32.8 Å². The van der Waals surface area contributed by atoms with E-state index in [0.717, 1.165) is 5.56 Å². The number of hydrogen-bond acceptors (Lipinski definition) is 4. The molecule has 0 atom stereocenters. The van der Waals surface area contributed by atoms with Gasteiger partial charge in [-0.2, -0.15) is 0 Å². The van der Waals surface area contributed by atoms with E-state index in [1.165, 1.54) is 18.6 Å². The summed E-state index contributed by atoms with van der Waals surface area (Å²) in [5.74, 6) is -0.373. The minimum absolute atomic E-state index is 0.107. The number of nitrogens with one attached hydrogen (secondary N) is 2. The van der Waals surface area contributed by atoms with Crippen molar-refractivity contribution >= 4 is 11.8 Å². The highest BCUT2D eigenvalue weighted by molar-refractivity contribution is 5.94. The first-order valence-corrected chi connectivity index (χ1v) is 7.06. The van der Waals surface area contributed by atoms with E-state index in [-0.39, 0.29) is 17.5 Å². The van der Waals surface area contributed by atoms with Gasteiger partial charge in [-0.3, -0.25) is 14.6 Å². The summed E-state index contributed by atoms with van der Waals surface area (Å²) in [7, 11) is 0. The number of aryl methyl sites for hydroxylation is 1. The zero-order valence-electron chi connectivity index (χ0n) is 12.4. The lowest BCUT2D eigenvalue weighted by atomic mass is 10.1. The van der Waals surface area contributed by atoms with E-state index < -0.39 is 0 Å². The zero-order valence-corrected chi connectivity index (χ0v) is 12.4. The van der Waals surface area contributed by atoms with Gasteiger partial charge in [0.15, 0.2) is 0 Å². The summed E-state index contributed by atoms with van der Waals surface area (Å²) in [5.41, 5.74) is 1.97. The second-order valence-corrected chi connectivity index (χ2v) is 4.83. The van der Waals surface area contributed by atoms with E-state index in [9.17, 15) is 9.59 Å². The Kier molecular flexibility index (Phi) is 5.59. The molecule has 2 N–H and O–H groups in total. The molecule has 0 radical (unpaired) electrons. The number of hydrogen-bond donors (Lipinski definition) is 2. The van der Waals surface area contributed by atoms with Crippen LogP contribution in [0.25, 0.3) is 0 Å². The molecular formula is C16H18N4O2. The van der Waals surface area contributed by atoms with E-state index in [0.29, 0.717) is 25.1 Å². The summed E-state index contributed by atoms with van der Waals surface area (Å²) in [4.78, 5) is 31.3. The molecule has 1 aromatic carbocycles. The third-order valence-electron chi connectivity index (χ3n) is 3.00. The zero-order chi connectivity index (χ0) is 15.8. The van der Waals surface area contributed by atoms with Crippen LogP contribution in [0.3, 0.4) is 0 Å². The topological polar surface area (TPSA) is 84.0 Å². The molecule has 22 heavy (non-hydrogen) atoms. The van der Waals surface area contributed by atoms with Gasteiger partial charge in [0, 0.05) is 31.0 Å². The van der Waals surface area contributed by atoms with E-state index in [2.05, 4.69) is 20.6 Å². The second kappa shape index (κ2) is 7.87. The third-order valence-corrected chi connectivity index (χ3v) is 3.00. The van der Waals surface area contributed by atoms with Gasteiger partial charge in [-0.15, -0.1) is 0 Å². The van der Waals surface area contributed by atoms with Gasteiger partial charge in [0.1, 0.15) is 5.69 Å². The molecule has 6 heteroatoms. The molecule has 0 aliphatic rings. The molecule has 0 aliphatic heterocycles. The van der Waals surface area contributed by atoms with E-state index in [1.807, 2.05) is 25.1 Å². The molecule has 1 heterocycles. The SMILES string of the molecule is Cc1cccc(C(=O)NCCCNC(=O)c2cnccn2)c1. The molecule has 0 unspecified atom stereocenters. The van der Waals surface area contributed by atoms with Crippen molar-refractivity contribution in [1.82, 2.24) is 20.6 Å². The lowest BCUT2D eigenvalue weighted by molar-refractivity contribution is 0.0947. The number of nitrogens with zero attached hydrogens (tertiary/aromatic N) is 2. The van der Waals surface area contributed by atoms with Gasteiger partial charge >= 0.3 is 0 Å². The normalized spacial score (nSPS) is 10.0. The van der Waals surface area contributed by atoms with Crippen LogP contribution in [-0.4, -0.2) is 34.9 Å². The lowest BCUT2D eigenvalue weighted by Gasteiger charge is -2.07. The highest BCUT2D eigenvalue weighted by Gasteiger charge is 2.06. The molecule has 6 nitrogen and oxygen atoms in total. The fourth-order valence-corrected chi connectivity index (χ4v) is 1.89. The monoisotopic (exact) mass is 298 g/mol. The van der Waals surface area contributed by atoms with Crippen LogP contribution in [0.2, 0.25) is 0 Å². The Morgan fingerprint density at radius 3 is 2.55 bits per heavy atom. The van der Waals surface area contributed by atoms with Crippen LogP contribution in [0.5, 0.6) is 0 Å². The summed E-state index contributed by atoms with van der Waals surface area (Å²) < 4.78 is 0. The Morgan fingerprint density at radius 2 is 1.86 bits per heavy atom. The standard InChI is InChI=1S/C16H18N4O2/c1-12-4-2-5-13(10-12)15(21)19-6-3-7-20-16(22)14-11-17-8-9-18-14/h2,4-5,8-11H,3,6-7H2,1H3,(H,19,21)(H,20,22). The molecule has 0 aliphatic carbocycles. The summed E-state index contributed by atoms with van der Waals surface area (Å²) in [6.45, 7) is 2.90. The summed E-state index contributed by atoms with van der Waals surface area (Å²) >= 11 is 0. The van der Waals surface area contributed by atoms with Gasteiger partial charge < -0.3 is 10.6 Å². The van der Waals surface area contributed by atoms with Crippen molar-refractivity contribution in [1.29, 1.82) is 0 Å². The molecular weight excluding hydrogens is 280 g/mol. The Balaban J connectivity index is 1.67. The van der Waals surface area contributed by atoms with Crippen LogP contribution in [0.4, 0.5) is 0 Å². The highest BCUT2D eigenvalue weighted by Crippen LogP contribution is 2.03. The molecule has 0 bridgehead atoms. The third kappa shape index (κ3) is 4.66. The van der Waals surface area contributed by atoms with Gasteiger partial charge in [-0.1, -0.05) is 17.7 Å². The van der Waals surface area contributed by atoms with Gasteiger partial charge in [0.2, 0.25) is 0 Å². The Hall–Kier alpha value is -2.76. The first kappa shape index (κ1) is 15.6. The van der Waals surface area contributed by atoms with Gasteiger partial charge in [-0.05, 0) is 25.5 Å². The molecule has 0 saturated heterocycles. The number of carbonyl (C=O) groups is 2. The molecule has 0 spiro atoms. The van der Waals surface area contributed by atoms with Gasteiger partial charge in [0.25, 0.3) is 11.8 Å². The number of carbonyl (C=O) groups excluding carboxylic acids is 2. The van der Waals surface area contributed by atoms with Crippen molar-refractivity contribution in [2.75, 3.05) is 13.1 Å². The van der Waals surface area contributed by atoms with Crippen molar-refractivity contribution in [2.45, 2.75) is 13.3 Å². The average molecular weight is 298 g/mol.